The van der Waals surface area contributed by atoms with Crippen LogP contribution in [0, 0.1) is 0 Å². The summed E-state index contributed by atoms with van der Waals surface area (Å²) in [4.78, 5) is 21.3. The van der Waals surface area contributed by atoms with Crippen molar-refractivity contribution in [3.05, 3.63) is 255 Å². The lowest BCUT2D eigenvalue weighted by Crippen LogP contribution is -2.76. The molecule has 0 radical (unpaired) electrons. The van der Waals surface area contributed by atoms with Crippen molar-refractivity contribution in [2.75, 3.05) is 0 Å². The maximum atomic E-state index is 7.16. The van der Waals surface area contributed by atoms with Crippen LogP contribution in [0.25, 0.3) is 120 Å². The second-order valence-corrected chi connectivity index (χ2v) is 24.4. The van der Waals surface area contributed by atoms with Crippen LogP contribution >= 0.6 is 11.3 Å². The zero-order valence-electron chi connectivity index (χ0n) is 41.2. The molecule has 77 heavy (non-hydrogen) atoms. The van der Waals surface area contributed by atoms with Crippen molar-refractivity contribution in [2.45, 2.75) is 0 Å². The zero-order valence-corrected chi connectivity index (χ0v) is 43.1. The fraction of sp³-hybridized carbons (Fsp3) is 0. The number of pyridine rings is 4. The SMILES string of the molecule is c1ccc(-n2c3ccccc3c3cc(-c4ccc5oc6c([Si](c7ccccc7)(c7ccccc7)c7nccc8c7sc7ccc(-c9cc%10c%11ccccc%11n(-c%11ccccc%11)c%10cn9)cc78)nccc6c5c4)ncc32)cc1. The lowest BCUT2D eigenvalue weighted by atomic mass is 10.1. The number of fused-ring (bicyclic) bond motifs is 12. The molecule has 0 aliphatic rings. The minimum atomic E-state index is -3.41. The number of thiophene rings is 1. The van der Waals surface area contributed by atoms with Crippen LogP contribution in [-0.2, 0) is 0 Å². The third-order valence-corrected chi connectivity index (χ3v) is 21.6. The number of hydrogen-bond donors (Lipinski definition) is 0. The maximum absolute atomic E-state index is 7.16. The fourth-order valence-electron chi connectivity index (χ4n) is 12.2. The van der Waals surface area contributed by atoms with Gasteiger partial charge in [0.05, 0.1) is 61.2 Å². The molecule has 0 amide bonds. The van der Waals surface area contributed by atoms with Crippen molar-refractivity contribution in [3.8, 4) is 33.9 Å². The second-order valence-electron chi connectivity index (χ2n) is 19.7. The van der Waals surface area contributed by atoms with Crippen molar-refractivity contribution in [1.82, 2.24) is 29.1 Å². The van der Waals surface area contributed by atoms with E-state index >= 15 is 0 Å². The van der Waals surface area contributed by atoms with Crippen LogP contribution < -0.4 is 21.0 Å². The van der Waals surface area contributed by atoms with E-state index in [4.69, 9.17) is 24.4 Å². The molecule has 0 saturated heterocycles. The minimum absolute atomic E-state index is 0.769. The van der Waals surface area contributed by atoms with Gasteiger partial charge in [0.25, 0.3) is 0 Å². The molecule has 16 aromatic rings. The fourth-order valence-corrected chi connectivity index (χ4v) is 18.5. The summed E-state index contributed by atoms with van der Waals surface area (Å²) in [5, 5.41) is 13.3. The highest BCUT2D eigenvalue weighted by Gasteiger charge is 2.48. The summed E-state index contributed by atoms with van der Waals surface area (Å²) < 4.78 is 14.1. The van der Waals surface area contributed by atoms with Crippen LogP contribution in [0.5, 0.6) is 0 Å². The Bertz CT molecular complexity index is 4670. The average Bonchev–Trinajstić information content (AvgIpc) is 4.49. The van der Waals surface area contributed by atoms with Gasteiger partial charge in [0, 0.05) is 82.7 Å². The lowest BCUT2D eigenvalue weighted by molar-refractivity contribution is 0.670. The summed E-state index contributed by atoms with van der Waals surface area (Å²) in [6, 6.07) is 82.1. The van der Waals surface area contributed by atoms with E-state index in [1.54, 1.807) is 11.3 Å². The number of nitrogens with zero attached hydrogens (tertiary/aromatic N) is 6. The van der Waals surface area contributed by atoms with E-state index in [0.29, 0.717) is 0 Å². The lowest BCUT2D eigenvalue weighted by Gasteiger charge is -2.32. The van der Waals surface area contributed by atoms with Crippen LogP contribution in [0.1, 0.15) is 0 Å². The first kappa shape index (κ1) is 43.6. The van der Waals surface area contributed by atoms with Gasteiger partial charge in [0.15, 0.2) is 5.58 Å². The largest absolute Gasteiger partial charge is 0.455 e. The van der Waals surface area contributed by atoms with E-state index in [1.165, 1.54) is 36.6 Å². The Morgan fingerprint density at radius 1 is 0.364 bits per heavy atom. The quantitative estimate of drug-likeness (QED) is 0.142. The van der Waals surface area contributed by atoms with Gasteiger partial charge >= 0.3 is 0 Å². The average molecular weight is 1020 g/mol. The second kappa shape index (κ2) is 17.1. The van der Waals surface area contributed by atoms with E-state index < -0.39 is 8.07 Å². The Kier molecular flexibility index (Phi) is 9.69. The molecule has 8 heterocycles. The molecule has 0 aliphatic carbocycles. The normalized spacial score (nSPS) is 12.2. The van der Waals surface area contributed by atoms with E-state index in [-0.39, 0.29) is 0 Å². The smallest absolute Gasteiger partial charge is 0.230 e. The van der Waals surface area contributed by atoms with Crippen LogP contribution in [0.15, 0.2) is 260 Å². The van der Waals surface area contributed by atoms with Gasteiger partial charge in [-0.05, 0) is 101 Å². The third-order valence-electron chi connectivity index (χ3n) is 15.6. The standard InChI is InChI=1S/C68H42N6OSSi/c1-5-17-45(18-6-1)73-59-27-15-13-25-49(59)53-39-57(71-41-61(53)73)43-29-31-63-55(37-43)51-33-35-69-67(65(51)75-63)77(47-21-9-3-10-22-47,48-23-11-4-12-24-48)68-66-52(34-36-70-68)56-38-44(30-32-64(56)76-66)58-40-54-50-26-14-16-28-60(50)74(62(54)42-72-58)46-19-7-2-8-20-46/h1-42H. The Morgan fingerprint density at radius 2 is 0.857 bits per heavy atom. The van der Waals surface area contributed by atoms with Gasteiger partial charge in [-0.25, -0.2) is 0 Å². The summed E-state index contributed by atoms with van der Waals surface area (Å²) >= 11 is 1.80. The molecule has 0 unspecified atom stereocenters. The monoisotopic (exact) mass is 1020 g/mol. The molecule has 0 saturated carbocycles. The van der Waals surface area contributed by atoms with E-state index in [9.17, 15) is 0 Å². The number of aromatic nitrogens is 6. The van der Waals surface area contributed by atoms with Gasteiger partial charge in [-0.3, -0.25) is 19.9 Å². The molecule has 8 aromatic heterocycles. The number of hydrogen-bond acceptors (Lipinski definition) is 6. The number of rotatable bonds is 8. The molecule has 0 N–H and O–H groups in total. The molecular formula is C68H42N6OSSi. The van der Waals surface area contributed by atoms with Crippen LogP contribution in [0.3, 0.4) is 0 Å². The van der Waals surface area contributed by atoms with Crippen LogP contribution in [-0.4, -0.2) is 37.1 Å². The first-order valence-corrected chi connectivity index (χ1v) is 28.7. The topological polar surface area (TPSA) is 74.6 Å². The van der Waals surface area contributed by atoms with Gasteiger partial charge in [0.2, 0.25) is 8.07 Å². The molecule has 7 nitrogen and oxygen atoms in total. The first-order chi connectivity index (χ1) is 38.2. The number of para-hydroxylation sites is 4. The van der Waals surface area contributed by atoms with Gasteiger partial charge < -0.3 is 13.6 Å². The summed E-state index contributed by atoms with van der Waals surface area (Å²) in [6.45, 7) is 0. The zero-order chi connectivity index (χ0) is 50.6. The Labute approximate surface area is 446 Å². The van der Waals surface area contributed by atoms with Gasteiger partial charge in [0.1, 0.15) is 5.58 Å². The summed E-state index contributed by atoms with van der Waals surface area (Å²) in [6.07, 6.45) is 8.01. The van der Waals surface area contributed by atoms with E-state index in [2.05, 4.69) is 240 Å². The molecule has 0 aliphatic heterocycles. The van der Waals surface area contributed by atoms with Crippen molar-refractivity contribution < 1.29 is 4.42 Å². The molecular weight excluding hydrogens is 977 g/mol. The van der Waals surface area contributed by atoms with Crippen LogP contribution in [0.2, 0.25) is 0 Å². The van der Waals surface area contributed by atoms with E-state index in [0.717, 1.165) is 104 Å². The molecule has 9 heteroatoms. The molecule has 16 rings (SSSR count). The molecule has 0 spiro atoms. The van der Waals surface area contributed by atoms with Crippen LogP contribution in [0.4, 0.5) is 0 Å². The molecule has 360 valence electrons. The Morgan fingerprint density at radius 3 is 1.44 bits per heavy atom. The predicted octanol–water partition coefficient (Wildman–Crippen LogP) is 14.4. The van der Waals surface area contributed by atoms with Gasteiger partial charge in [-0.15, -0.1) is 11.3 Å². The van der Waals surface area contributed by atoms with Gasteiger partial charge in [-0.1, -0.05) is 140 Å². The summed E-state index contributed by atoms with van der Waals surface area (Å²) in [5.74, 6) is 0. The Hall–Kier alpha value is -9.80. The Balaban J connectivity index is 0.878. The van der Waals surface area contributed by atoms with Crippen molar-refractivity contribution >= 4 is 126 Å². The highest BCUT2D eigenvalue weighted by atomic mass is 32.1. The molecule has 0 atom stereocenters. The first-order valence-electron chi connectivity index (χ1n) is 25.8. The number of furan rings is 1. The molecule has 0 bridgehead atoms. The molecule has 0 fully saturated rings. The van der Waals surface area contributed by atoms with E-state index in [1.807, 2.05) is 24.8 Å². The minimum Gasteiger partial charge on any atom is -0.455 e. The maximum Gasteiger partial charge on any atom is 0.230 e. The molecule has 8 aromatic carbocycles. The van der Waals surface area contributed by atoms with Crippen molar-refractivity contribution in [1.29, 1.82) is 0 Å². The number of benzene rings is 8. The summed E-state index contributed by atoms with van der Waals surface area (Å²) in [5.41, 5.74) is 12.1. The highest BCUT2D eigenvalue weighted by Crippen LogP contribution is 2.40. The predicted molar refractivity (Wildman–Crippen MR) is 321 cm³/mol. The summed E-state index contributed by atoms with van der Waals surface area (Å²) in [7, 11) is -3.41. The van der Waals surface area contributed by atoms with Crippen molar-refractivity contribution in [2.24, 2.45) is 0 Å². The van der Waals surface area contributed by atoms with Crippen molar-refractivity contribution in [3.63, 3.8) is 0 Å². The third kappa shape index (κ3) is 6.54. The highest BCUT2D eigenvalue weighted by molar-refractivity contribution is 7.30. The van der Waals surface area contributed by atoms with Gasteiger partial charge in [-0.2, -0.15) is 0 Å².